The monoisotopic (exact) mass is 290 g/mol. The Labute approximate surface area is 129 Å². The molecule has 118 valence electrons. The maximum Gasteiger partial charge on any atom is 0.0587 e. The van der Waals surface area contributed by atoms with E-state index in [9.17, 15) is 0 Å². The molecule has 1 N–H and O–H groups in total. The van der Waals surface area contributed by atoms with Gasteiger partial charge in [0.1, 0.15) is 0 Å². The van der Waals surface area contributed by atoms with E-state index in [1.165, 1.54) is 29.7 Å². The molecule has 1 aliphatic carbocycles. The molecule has 1 aliphatic rings. The number of nitrogens with one attached hydrogen (secondary N) is 1. The van der Waals surface area contributed by atoms with Crippen molar-refractivity contribution in [2.24, 2.45) is 5.92 Å². The number of methoxy groups -OCH3 is 1. The third-order valence-electron chi connectivity index (χ3n) is 4.01. The van der Waals surface area contributed by atoms with Crippen molar-refractivity contribution < 1.29 is 4.74 Å². The van der Waals surface area contributed by atoms with Crippen LogP contribution in [-0.4, -0.2) is 32.8 Å². The van der Waals surface area contributed by atoms with Gasteiger partial charge in [-0.3, -0.25) is 0 Å². The van der Waals surface area contributed by atoms with Crippen LogP contribution in [0.2, 0.25) is 0 Å². The van der Waals surface area contributed by atoms with E-state index >= 15 is 0 Å². The standard InChI is InChI=1S/C18H30N2O/c1-14(2)13-20(17-7-8-17)18-6-5-16(15(3)11-18)12-19-9-10-21-4/h5-6,11,14,17,19H,7-10,12-13H2,1-4H3. The van der Waals surface area contributed by atoms with Crippen LogP contribution in [0.3, 0.4) is 0 Å². The van der Waals surface area contributed by atoms with Crippen molar-refractivity contribution >= 4 is 5.69 Å². The number of aryl methyl sites for hydroxylation is 1. The van der Waals surface area contributed by atoms with E-state index in [0.717, 1.165) is 32.3 Å². The van der Waals surface area contributed by atoms with Crippen LogP contribution in [-0.2, 0) is 11.3 Å². The zero-order valence-electron chi connectivity index (χ0n) is 14.0. The quantitative estimate of drug-likeness (QED) is 0.706. The summed E-state index contributed by atoms with van der Waals surface area (Å²) in [6.07, 6.45) is 2.71. The van der Waals surface area contributed by atoms with Crippen LogP contribution >= 0.6 is 0 Å². The fourth-order valence-electron chi connectivity index (χ4n) is 2.70. The Bertz CT molecular complexity index is 441. The van der Waals surface area contributed by atoms with E-state index in [-0.39, 0.29) is 0 Å². The van der Waals surface area contributed by atoms with Gasteiger partial charge < -0.3 is 15.0 Å². The first-order valence-electron chi connectivity index (χ1n) is 8.17. The predicted octanol–water partition coefficient (Wildman–Crippen LogP) is 3.36. The Morgan fingerprint density at radius 1 is 1.33 bits per heavy atom. The lowest BCUT2D eigenvalue weighted by molar-refractivity contribution is 0.199. The zero-order chi connectivity index (χ0) is 15.2. The van der Waals surface area contributed by atoms with Crippen LogP contribution < -0.4 is 10.2 Å². The van der Waals surface area contributed by atoms with Gasteiger partial charge in [0, 0.05) is 38.5 Å². The molecule has 0 spiro atoms. The molecule has 1 fully saturated rings. The molecule has 21 heavy (non-hydrogen) atoms. The molecular weight excluding hydrogens is 260 g/mol. The van der Waals surface area contributed by atoms with Gasteiger partial charge in [-0.1, -0.05) is 19.9 Å². The lowest BCUT2D eigenvalue weighted by atomic mass is 10.1. The van der Waals surface area contributed by atoms with Gasteiger partial charge in [-0.05, 0) is 48.9 Å². The first kappa shape index (κ1) is 16.3. The highest BCUT2D eigenvalue weighted by Crippen LogP contribution is 2.33. The van der Waals surface area contributed by atoms with Crippen molar-refractivity contribution in [3.8, 4) is 0 Å². The summed E-state index contributed by atoms with van der Waals surface area (Å²) in [5.74, 6) is 0.710. The van der Waals surface area contributed by atoms with Crippen LogP contribution in [0.1, 0.15) is 37.8 Å². The van der Waals surface area contributed by atoms with Crippen molar-refractivity contribution in [2.75, 3.05) is 31.7 Å². The normalized spacial score (nSPS) is 14.7. The van der Waals surface area contributed by atoms with Crippen molar-refractivity contribution in [2.45, 2.75) is 46.2 Å². The Kier molecular flexibility index (Phi) is 6.07. The molecule has 0 aliphatic heterocycles. The van der Waals surface area contributed by atoms with Gasteiger partial charge in [0.25, 0.3) is 0 Å². The van der Waals surface area contributed by atoms with E-state index in [2.05, 4.69) is 49.2 Å². The Morgan fingerprint density at radius 2 is 2.10 bits per heavy atom. The van der Waals surface area contributed by atoms with Crippen LogP contribution in [0.25, 0.3) is 0 Å². The fraction of sp³-hybridized carbons (Fsp3) is 0.667. The van der Waals surface area contributed by atoms with Gasteiger partial charge in [0.2, 0.25) is 0 Å². The van der Waals surface area contributed by atoms with E-state index in [4.69, 9.17) is 4.74 Å². The minimum atomic E-state index is 0.710. The molecule has 0 bridgehead atoms. The number of ether oxygens (including phenoxy) is 1. The summed E-state index contributed by atoms with van der Waals surface area (Å²) >= 11 is 0. The summed E-state index contributed by atoms with van der Waals surface area (Å²) in [5.41, 5.74) is 4.16. The molecule has 0 saturated heterocycles. The van der Waals surface area contributed by atoms with Crippen molar-refractivity contribution in [3.63, 3.8) is 0 Å². The third kappa shape index (κ3) is 5.01. The lowest BCUT2D eigenvalue weighted by Gasteiger charge is -2.27. The summed E-state index contributed by atoms with van der Waals surface area (Å²) in [5, 5.41) is 3.42. The first-order valence-corrected chi connectivity index (χ1v) is 8.17. The molecule has 1 aromatic carbocycles. The Hall–Kier alpha value is -1.06. The predicted molar refractivity (Wildman–Crippen MR) is 90.0 cm³/mol. The summed E-state index contributed by atoms with van der Waals surface area (Å²) in [7, 11) is 1.74. The molecule has 0 atom stereocenters. The maximum absolute atomic E-state index is 5.06. The molecule has 1 aromatic rings. The zero-order valence-corrected chi connectivity index (χ0v) is 14.0. The summed E-state index contributed by atoms with van der Waals surface area (Å²) in [4.78, 5) is 2.60. The van der Waals surface area contributed by atoms with Gasteiger partial charge >= 0.3 is 0 Å². The van der Waals surface area contributed by atoms with E-state index < -0.39 is 0 Å². The summed E-state index contributed by atoms with van der Waals surface area (Å²) in [6.45, 7) is 10.6. The second kappa shape index (κ2) is 7.81. The van der Waals surface area contributed by atoms with Crippen LogP contribution in [0, 0.1) is 12.8 Å². The fourth-order valence-corrected chi connectivity index (χ4v) is 2.70. The maximum atomic E-state index is 5.06. The average Bonchev–Trinajstić information content (AvgIpc) is 3.26. The minimum Gasteiger partial charge on any atom is -0.383 e. The van der Waals surface area contributed by atoms with E-state index in [1.807, 2.05) is 0 Å². The van der Waals surface area contributed by atoms with Crippen molar-refractivity contribution in [1.82, 2.24) is 5.32 Å². The molecule has 0 radical (unpaired) electrons. The Balaban J connectivity index is 1.99. The molecular formula is C18H30N2O. The van der Waals surface area contributed by atoms with Crippen molar-refractivity contribution in [1.29, 1.82) is 0 Å². The van der Waals surface area contributed by atoms with Crippen LogP contribution in [0.5, 0.6) is 0 Å². The number of hydrogen-bond acceptors (Lipinski definition) is 3. The topological polar surface area (TPSA) is 24.5 Å². The molecule has 3 nitrogen and oxygen atoms in total. The second-order valence-corrected chi connectivity index (χ2v) is 6.56. The van der Waals surface area contributed by atoms with Gasteiger partial charge in [-0.2, -0.15) is 0 Å². The summed E-state index contributed by atoms with van der Waals surface area (Å²) in [6, 6.07) is 7.70. The number of rotatable bonds is 9. The van der Waals surface area contributed by atoms with Gasteiger partial charge in [0.15, 0.2) is 0 Å². The highest BCUT2D eigenvalue weighted by molar-refractivity contribution is 5.52. The highest BCUT2D eigenvalue weighted by Gasteiger charge is 2.29. The second-order valence-electron chi connectivity index (χ2n) is 6.56. The number of benzene rings is 1. The highest BCUT2D eigenvalue weighted by atomic mass is 16.5. The van der Waals surface area contributed by atoms with Gasteiger partial charge in [-0.25, -0.2) is 0 Å². The SMILES string of the molecule is COCCNCc1ccc(N(CC(C)C)C2CC2)cc1C. The largest absolute Gasteiger partial charge is 0.383 e. The number of hydrogen-bond donors (Lipinski definition) is 1. The number of anilines is 1. The smallest absolute Gasteiger partial charge is 0.0587 e. The first-order chi connectivity index (χ1) is 10.1. The van der Waals surface area contributed by atoms with Gasteiger partial charge in [-0.15, -0.1) is 0 Å². The number of nitrogens with zero attached hydrogens (tertiary/aromatic N) is 1. The molecule has 0 unspecified atom stereocenters. The summed E-state index contributed by atoms with van der Waals surface area (Å²) < 4.78 is 5.06. The lowest BCUT2D eigenvalue weighted by Crippen LogP contribution is -2.30. The Morgan fingerprint density at radius 3 is 2.67 bits per heavy atom. The van der Waals surface area contributed by atoms with E-state index in [0.29, 0.717) is 5.92 Å². The molecule has 3 heteroatoms. The van der Waals surface area contributed by atoms with Crippen molar-refractivity contribution in [3.05, 3.63) is 29.3 Å². The molecule has 0 aromatic heterocycles. The molecule has 2 rings (SSSR count). The third-order valence-corrected chi connectivity index (χ3v) is 4.01. The molecule has 1 saturated carbocycles. The average molecular weight is 290 g/mol. The van der Waals surface area contributed by atoms with E-state index in [1.54, 1.807) is 7.11 Å². The molecule has 0 amide bonds. The van der Waals surface area contributed by atoms with Gasteiger partial charge in [0.05, 0.1) is 6.61 Å². The minimum absolute atomic E-state index is 0.710. The van der Waals surface area contributed by atoms with Crippen LogP contribution in [0.4, 0.5) is 5.69 Å². The molecule has 0 heterocycles. The van der Waals surface area contributed by atoms with Crippen LogP contribution in [0.15, 0.2) is 18.2 Å².